The van der Waals surface area contributed by atoms with Crippen LogP contribution in [0.1, 0.15) is 109 Å². The molecule has 8 bridgehead atoms. The van der Waals surface area contributed by atoms with E-state index in [1.165, 1.54) is 77.0 Å². The second-order valence-electron chi connectivity index (χ2n) is 17.4. The maximum Gasteiger partial charge on any atom is 0.268 e. The van der Waals surface area contributed by atoms with E-state index in [1.54, 1.807) is 10.6 Å². The van der Waals surface area contributed by atoms with Crippen molar-refractivity contribution in [2.24, 2.45) is 46.3 Å². The fraction of sp³-hybridized carbons (Fsp3) is 0.600. The number of alkyl halides is 1. The summed E-state index contributed by atoms with van der Waals surface area (Å²) in [7, 11) is 7.36. The van der Waals surface area contributed by atoms with Crippen LogP contribution in [0.25, 0.3) is 11.3 Å². The van der Waals surface area contributed by atoms with Gasteiger partial charge in [0.25, 0.3) is 11.8 Å². The first-order valence-corrected chi connectivity index (χ1v) is 22.8. The zero-order valence-electron chi connectivity index (χ0n) is 30.4. The van der Waals surface area contributed by atoms with Gasteiger partial charge in [0.05, 0.1) is 23.9 Å². The van der Waals surface area contributed by atoms with Crippen LogP contribution < -0.4 is 10.6 Å². The number of nitrogens with zero attached hydrogens (tertiary/aromatic N) is 4. The van der Waals surface area contributed by atoms with Crippen LogP contribution in [0.5, 0.6) is 0 Å². The third kappa shape index (κ3) is 8.08. The van der Waals surface area contributed by atoms with E-state index in [1.807, 2.05) is 47.0 Å². The molecule has 12 rings (SSSR count). The highest BCUT2D eigenvalue weighted by Crippen LogP contribution is 2.60. The largest absolute Gasteiger partial charge is 0.390 e. The minimum absolute atomic E-state index is 0.000122. The molecule has 8 fully saturated rings. The van der Waals surface area contributed by atoms with Gasteiger partial charge in [0.2, 0.25) is 9.23 Å². The molecule has 0 unspecified atom stereocenters. The van der Waals surface area contributed by atoms with Crippen LogP contribution in [0.15, 0.2) is 48.8 Å². The number of hydrogen-bond donors (Lipinski definition) is 3. The average molecular weight is 816 g/mol. The summed E-state index contributed by atoms with van der Waals surface area (Å²) in [5.41, 5.74) is 4.78. The third-order valence-electron chi connectivity index (χ3n) is 13.4. The van der Waals surface area contributed by atoms with E-state index in [-0.39, 0.29) is 18.4 Å². The molecule has 4 aromatic rings. The summed E-state index contributed by atoms with van der Waals surface area (Å²) in [4.78, 5) is 34.4. The van der Waals surface area contributed by atoms with Gasteiger partial charge in [-0.1, -0.05) is 12.1 Å². The second kappa shape index (κ2) is 15.7. The molecule has 8 aliphatic carbocycles. The van der Waals surface area contributed by atoms with Gasteiger partial charge in [0.15, 0.2) is 0 Å². The van der Waals surface area contributed by atoms with Crippen molar-refractivity contribution < 1.29 is 18.9 Å². The van der Waals surface area contributed by atoms with Crippen molar-refractivity contribution >= 4 is 65.3 Å². The number of fused-ring (bicyclic) bond motifs is 2. The number of hydrogen-bond acceptors (Lipinski definition) is 6. The summed E-state index contributed by atoms with van der Waals surface area (Å²) in [6, 6.07) is 11.2. The molecule has 0 aliphatic heterocycles. The zero-order valence-corrected chi connectivity index (χ0v) is 33.5. The molecule has 0 aromatic carbocycles. The molecule has 0 atom stereocenters. The van der Waals surface area contributed by atoms with Crippen LogP contribution in [0.4, 0.5) is 0 Å². The number of imidazole rings is 2. The summed E-state index contributed by atoms with van der Waals surface area (Å²) in [5.74, 6) is 5.73. The SMILES string of the molecule is O=C(NCC12CC3CC(CC(C3)C1)C2)c1cccc2nc(CCl)cn12.O=C(NCC12CC3CC(CC(C3)C1)C2)c1cccc2nc(CO)cn12.O=S(Cl)Cl. The first kappa shape index (κ1) is 38.2. The number of carbonyl (C=O) groups is 2. The maximum atomic E-state index is 12.9. The molecule has 290 valence electrons. The van der Waals surface area contributed by atoms with Gasteiger partial charge in [0, 0.05) is 46.8 Å². The van der Waals surface area contributed by atoms with Gasteiger partial charge in [-0.15, -0.1) is 11.6 Å². The van der Waals surface area contributed by atoms with Crippen molar-refractivity contribution in [1.29, 1.82) is 0 Å². The normalized spacial score (nSPS) is 31.3. The highest BCUT2D eigenvalue weighted by molar-refractivity contribution is 8.26. The van der Waals surface area contributed by atoms with Crippen LogP contribution in [-0.4, -0.2) is 53.0 Å². The van der Waals surface area contributed by atoms with Crippen molar-refractivity contribution in [2.75, 3.05) is 13.1 Å². The number of pyridine rings is 2. The summed E-state index contributed by atoms with van der Waals surface area (Å²) in [6.07, 6.45) is 20.0. The van der Waals surface area contributed by atoms with E-state index < -0.39 is 9.23 Å². The molecule has 14 heteroatoms. The minimum Gasteiger partial charge on any atom is -0.390 e. The van der Waals surface area contributed by atoms with Crippen molar-refractivity contribution in [3.63, 3.8) is 0 Å². The van der Waals surface area contributed by atoms with Crippen LogP contribution in [0.2, 0.25) is 0 Å². The summed E-state index contributed by atoms with van der Waals surface area (Å²) in [6.45, 7) is 1.51. The Balaban J connectivity index is 0.000000140. The second-order valence-corrected chi connectivity index (χ2v) is 20.2. The summed E-state index contributed by atoms with van der Waals surface area (Å²) in [5, 5.41) is 15.8. The third-order valence-corrected chi connectivity index (χ3v) is 13.7. The van der Waals surface area contributed by atoms with Crippen LogP contribution in [0.3, 0.4) is 0 Å². The maximum absolute atomic E-state index is 12.9. The number of aromatic nitrogens is 4. The molecular formula is C40H49Cl3N6O4S. The molecule has 0 radical (unpaired) electrons. The number of amides is 2. The van der Waals surface area contributed by atoms with Gasteiger partial charge in [-0.05, 0) is 148 Å². The lowest BCUT2D eigenvalue weighted by molar-refractivity contribution is -0.0504. The van der Waals surface area contributed by atoms with E-state index in [0.717, 1.165) is 59.9 Å². The fourth-order valence-corrected chi connectivity index (χ4v) is 12.5. The Morgan fingerprint density at radius 3 is 1.39 bits per heavy atom. The van der Waals surface area contributed by atoms with Gasteiger partial charge in [-0.3, -0.25) is 18.4 Å². The van der Waals surface area contributed by atoms with E-state index in [2.05, 4.69) is 42.0 Å². The summed E-state index contributed by atoms with van der Waals surface area (Å²) >= 11 is 5.89. The average Bonchev–Trinajstić information content (AvgIpc) is 3.76. The Labute approximate surface area is 332 Å². The van der Waals surface area contributed by atoms with Gasteiger partial charge in [-0.25, -0.2) is 14.2 Å². The standard InChI is InChI=1S/C20H24ClN3O.C20H25N3O2.Cl2OS/c21-10-16-11-24-17(2-1-3-18(24)23-16)19(25)22-12-20-7-13-4-14(8-20)6-15(5-13)9-20;24-11-16-10-23-17(2-1-3-18(23)22-16)19(25)21-12-20-7-13-4-14(8-20)6-15(5-13)9-20;1-4(2)3/h1-3,11,13-15H,4-10,12H2,(H,22,25);1-3,10,13-15,24H,4-9,11-12H2,(H,21,25);. The molecule has 2 amide bonds. The minimum atomic E-state index is -1.67. The molecule has 3 N–H and O–H groups in total. The van der Waals surface area contributed by atoms with E-state index in [4.69, 9.17) is 15.8 Å². The highest BCUT2D eigenvalue weighted by Gasteiger charge is 2.52. The molecule has 4 aromatic heterocycles. The molecule has 4 heterocycles. The van der Waals surface area contributed by atoms with Crippen LogP contribution in [0, 0.1) is 46.3 Å². The number of rotatable bonds is 8. The van der Waals surface area contributed by atoms with E-state index >= 15 is 0 Å². The van der Waals surface area contributed by atoms with Gasteiger partial charge in [0.1, 0.15) is 22.7 Å². The highest BCUT2D eigenvalue weighted by atomic mass is 36.0. The van der Waals surface area contributed by atoms with E-state index in [0.29, 0.717) is 39.4 Å². The fourth-order valence-electron chi connectivity index (χ4n) is 12.4. The molecule has 0 spiro atoms. The lowest BCUT2D eigenvalue weighted by Crippen LogP contribution is -2.51. The van der Waals surface area contributed by atoms with Crippen LogP contribution in [-0.2, 0) is 21.7 Å². The molecule has 10 nitrogen and oxygen atoms in total. The van der Waals surface area contributed by atoms with Gasteiger partial charge in [-0.2, -0.15) is 0 Å². The molecular weight excluding hydrogens is 767 g/mol. The molecule has 54 heavy (non-hydrogen) atoms. The van der Waals surface area contributed by atoms with Gasteiger partial charge >= 0.3 is 0 Å². The number of aliphatic hydroxyl groups excluding tert-OH is 1. The van der Waals surface area contributed by atoms with E-state index in [9.17, 15) is 14.7 Å². The monoisotopic (exact) mass is 814 g/mol. The topological polar surface area (TPSA) is 130 Å². The van der Waals surface area contributed by atoms with Gasteiger partial charge < -0.3 is 15.7 Å². The molecule has 8 saturated carbocycles. The quantitative estimate of drug-likeness (QED) is 0.123. The predicted octanol–water partition coefficient (Wildman–Crippen LogP) is 7.83. The first-order chi connectivity index (χ1) is 26.0. The van der Waals surface area contributed by atoms with Crippen molar-refractivity contribution in [2.45, 2.75) is 89.5 Å². The summed E-state index contributed by atoms with van der Waals surface area (Å²) < 4.78 is 12.7. The van der Waals surface area contributed by atoms with Crippen molar-refractivity contribution in [3.8, 4) is 0 Å². The predicted molar refractivity (Wildman–Crippen MR) is 212 cm³/mol. The number of nitrogens with one attached hydrogen (secondary N) is 2. The van der Waals surface area contributed by atoms with Crippen molar-refractivity contribution in [1.82, 2.24) is 29.4 Å². The molecule has 8 aliphatic rings. The number of carbonyl (C=O) groups excluding carboxylic acids is 2. The Hall–Kier alpha value is -2.70. The smallest absolute Gasteiger partial charge is 0.268 e. The lowest BCUT2D eigenvalue weighted by atomic mass is 9.49. The van der Waals surface area contributed by atoms with Crippen LogP contribution >= 0.6 is 33.0 Å². The zero-order chi connectivity index (χ0) is 37.6. The Morgan fingerprint density at radius 1 is 0.685 bits per heavy atom. The van der Waals surface area contributed by atoms with Crippen molar-refractivity contribution in [3.05, 3.63) is 71.6 Å². The molecule has 0 saturated heterocycles. The Kier molecular flexibility index (Phi) is 11.1. The Morgan fingerprint density at radius 2 is 1.04 bits per heavy atom. The lowest BCUT2D eigenvalue weighted by Gasteiger charge is -2.56. The number of halogens is 3. The first-order valence-electron chi connectivity index (χ1n) is 19.4. The Bertz CT molecular complexity index is 1840. The number of aliphatic hydroxyl groups is 1.